The second kappa shape index (κ2) is 15.0. The van der Waals surface area contributed by atoms with Crippen molar-refractivity contribution in [2.24, 2.45) is 0 Å². The zero-order chi connectivity index (χ0) is 43.7. The quantitative estimate of drug-likeness (QED) is 0.113. The van der Waals surface area contributed by atoms with E-state index in [1.807, 2.05) is 42.5 Å². The van der Waals surface area contributed by atoms with E-state index in [0.29, 0.717) is 11.1 Å². The summed E-state index contributed by atoms with van der Waals surface area (Å²) in [6.07, 6.45) is 0. The van der Waals surface area contributed by atoms with Crippen molar-refractivity contribution in [2.75, 3.05) is 9.80 Å². The number of fused-ring (bicyclic) bond motifs is 10. The van der Waals surface area contributed by atoms with Crippen LogP contribution in [0.5, 0.6) is 0 Å². The van der Waals surface area contributed by atoms with Crippen molar-refractivity contribution in [1.29, 1.82) is 10.5 Å². The summed E-state index contributed by atoms with van der Waals surface area (Å²) in [6.45, 7) is 15.6. The summed E-state index contributed by atoms with van der Waals surface area (Å²) in [6, 6.07) is 69.5. The van der Waals surface area contributed by atoms with Gasteiger partial charge in [0.15, 0.2) is 0 Å². The minimum absolute atomic E-state index is 0.218. The Morgan fingerprint density at radius 2 is 0.841 bits per heavy atom. The monoisotopic (exact) mass is 844 g/mol. The fourth-order valence-corrected chi connectivity index (χ4v) is 24.4. The fraction of sp³-hybridized carbons (Fsp3) is 0.123. The molecule has 1 aliphatic rings. The highest BCUT2D eigenvalue weighted by molar-refractivity contribution is 7.00. The number of hydrogen-bond acceptors (Lipinski definition) is 4. The number of para-hydroxylation sites is 2. The highest BCUT2D eigenvalue weighted by Gasteiger charge is 2.60. The van der Waals surface area contributed by atoms with Crippen molar-refractivity contribution in [3.8, 4) is 23.3 Å². The summed E-state index contributed by atoms with van der Waals surface area (Å²) in [5.41, 5.74) is 13.0. The van der Waals surface area contributed by atoms with Gasteiger partial charge in [0, 0.05) is 38.5 Å². The van der Waals surface area contributed by atoms with Gasteiger partial charge in [0.25, 0.3) is 0 Å². The zero-order valence-electron chi connectivity index (χ0n) is 36.6. The van der Waals surface area contributed by atoms with Crippen LogP contribution in [0.3, 0.4) is 0 Å². The first-order valence-electron chi connectivity index (χ1n) is 21.7. The fourth-order valence-electron chi connectivity index (χ4n) is 11.3. The van der Waals surface area contributed by atoms with E-state index in [0.717, 1.165) is 34.1 Å². The van der Waals surface area contributed by atoms with Crippen LogP contribution in [-0.2, 0) is 4.66 Å². The average Bonchev–Trinajstić information content (AvgIpc) is 3.64. The third kappa shape index (κ3) is 6.13. The smallest absolute Gasteiger partial charge is 0.0992 e. The molecule has 9 aromatic carbocycles. The largest absolute Gasteiger partial charge is 0.310 e. The number of anilines is 6. The number of benzene rings is 9. The summed E-state index contributed by atoms with van der Waals surface area (Å²) in [5.74, 6) is 0. The van der Waals surface area contributed by atoms with Gasteiger partial charge in [-0.05, 0) is 128 Å². The van der Waals surface area contributed by atoms with Crippen LogP contribution in [0, 0.1) is 22.7 Å². The Kier molecular flexibility index (Phi) is 9.49. The van der Waals surface area contributed by atoms with E-state index >= 15 is 0 Å². The summed E-state index contributed by atoms with van der Waals surface area (Å²) < 4.78 is -0.218. The SMILES string of the molecule is C[Si](C)(C)C1([Si](C)(C)C)c2cc(N(c3ccccc3)c3cccc(C#N)c3)c3ccccc3c2-c2c1c1ccc(N(c3ccccc3)c3cccc(C#N)c3)cc1c1ccccc21. The molecule has 4 nitrogen and oxygen atoms in total. The van der Waals surface area contributed by atoms with Gasteiger partial charge in [0.05, 0.1) is 45.1 Å². The normalized spacial score (nSPS) is 13.0. The van der Waals surface area contributed by atoms with Gasteiger partial charge in [-0.25, -0.2) is 0 Å². The van der Waals surface area contributed by atoms with E-state index in [-0.39, 0.29) is 4.66 Å². The molecule has 0 unspecified atom stereocenters. The maximum absolute atomic E-state index is 10.1. The van der Waals surface area contributed by atoms with Crippen molar-refractivity contribution in [3.05, 3.63) is 204 Å². The van der Waals surface area contributed by atoms with Gasteiger partial charge in [-0.15, -0.1) is 0 Å². The van der Waals surface area contributed by atoms with E-state index in [1.54, 1.807) is 0 Å². The molecule has 9 aromatic rings. The molecule has 0 heterocycles. The molecule has 0 aliphatic heterocycles. The molecule has 0 bridgehead atoms. The lowest BCUT2D eigenvalue weighted by Crippen LogP contribution is -2.63. The molecule has 304 valence electrons. The first-order valence-corrected chi connectivity index (χ1v) is 28.7. The van der Waals surface area contributed by atoms with E-state index in [1.165, 1.54) is 54.6 Å². The van der Waals surface area contributed by atoms with Crippen LogP contribution in [0.2, 0.25) is 39.3 Å². The molecule has 0 fully saturated rings. The van der Waals surface area contributed by atoms with Crippen LogP contribution in [0.15, 0.2) is 182 Å². The topological polar surface area (TPSA) is 54.1 Å². The Bertz CT molecular complexity index is 3340. The Morgan fingerprint density at radius 3 is 1.40 bits per heavy atom. The second-order valence-corrected chi connectivity index (χ2v) is 29.8. The number of rotatable bonds is 8. The molecule has 6 heteroatoms. The van der Waals surface area contributed by atoms with Crippen LogP contribution in [0.4, 0.5) is 34.1 Å². The highest BCUT2D eigenvalue weighted by Crippen LogP contribution is 2.64. The number of nitrogens with zero attached hydrogens (tertiary/aromatic N) is 4. The van der Waals surface area contributed by atoms with Crippen molar-refractivity contribution >= 4 is 82.6 Å². The summed E-state index contributed by atoms with van der Waals surface area (Å²) in [7, 11) is -4.45. The van der Waals surface area contributed by atoms with Crippen molar-refractivity contribution in [1.82, 2.24) is 0 Å². The van der Waals surface area contributed by atoms with Crippen LogP contribution in [0.1, 0.15) is 22.3 Å². The molecule has 1 aliphatic carbocycles. The van der Waals surface area contributed by atoms with Crippen LogP contribution in [0.25, 0.3) is 43.4 Å². The Morgan fingerprint density at radius 1 is 0.381 bits per heavy atom. The minimum Gasteiger partial charge on any atom is -0.310 e. The molecule has 0 aromatic heterocycles. The molecule has 0 spiro atoms. The van der Waals surface area contributed by atoms with Crippen molar-refractivity contribution in [2.45, 2.75) is 43.9 Å². The van der Waals surface area contributed by atoms with E-state index in [2.05, 4.69) is 201 Å². The van der Waals surface area contributed by atoms with Crippen molar-refractivity contribution < 1.29 is 0 Å². The number of nitriles is 2. The predicted octanol–water partition coefficient (Wildman–Crippen LogP) is 15.9. The molecule has 0 radical (unpaired) electrons. The first kappa shape index (κ1) is 39.9. The molecular formula is C57H48N4Si2. The Hall–Kier alpha value is -7.23. The van der Waals surface area contributed by atoms with Gasteiger partial charge >= 0.3 is 0 Å². The highest BCUT2D eigenvalue weighted by atomic mass is 28.4. The lowest BCUT2D eigenvalue weighted by Gasteiger charge is -2.52. The maximum atomic E-state index is 10.1. The lowest BCUT2D eigenvalue weighted by molar-refractivity contribution is 0.963. The maximum Gasteiger partial charge on any atom is 0.0992 e. The van der Waals surface area contributed by atoms with Gasteiger partial charge < -0.3 is 9.80 Å². The van der Waals surface area contributed by atoms with E-state index in [9.17, 15) is 10.5 Å². The predicted molar refractivity (Wildman–Crippen MR) is 271 cm³/mol. The summed E-state index contributed by atoms with van der Waals surface area (Å²) in [4.78, 5) is 4.65. The molecule has 0 N–H and O–H groups in total. The second-order valence-electron chi connectivity index (χ2n) is 18.8. The van der Waals surface area contributed by atoms with E-state index < -0.39 is 16.1 Å². The minimum atomic E-state index is -2.23. The van der Waals surface area contributed by atoms with Gasteiger partial charge in [-0.2, -0.15) is 10.5 Å². The Balaban J connectivity index is 1.35. The molecule has 0 atom stereocenters. The van der Waals surface area contributed by atoms with Crippen molar-refractivity contribution in [3.63, 3.8) is 0 Å². The molecule has 0 saturated carbocycles. The molecule has 10 rings (SSSR count). The molecule has 0 amide bonds. The summed E-state index contributed by atoms with van der Waals surface area (Å²) in [5, 5.41) is 27.5. The number of hydrogen-bond donors (Lipinski definition) is 0. The van der Waals surface area contributed by atoms with Gasteiger partial charge in [0.2, 0.25) is 0 Å². The third-order valence-electron chi connectivity index (χ3n) is 13.3. The van der Waals surface area contributed by atoms with Crippen LogP contribution in [-0.4, -0.2) is 16.1 Å². The van der Waals surface area contributed by atoms with Crippen LogP contribution >= 0.6 is 0 Å². The Labute approximate surface area is 372 Å². The third-order valence-corrected chi connectivity index (χ3v) is 23.3. The van der Waals surface area contributed by atoms with Gasteiger partial charge in [-0.1, -0.05) is 142 Å². The lowest BCUT2D eigenvalue weighted by atomic mass is 9.89. The molecular weight excluding hydrogens is 797 g/mol. The molecule has 0 saturated heterocycles. The summed E-state index contributed by atoms with van der Waals surface area (Å²) >= 11 is 0. The first-order chi connectivity index (χ1) is 30.5. The van der Waals surface area contributed by atoms with Gasteiger partial charge in [0.1, 0.15) is 0 Å². The van der Waals surface area contributed by atoms with E-state index in [4.69, 9.17) is 0 Å². The average molecular weight is 845 g/mol. The molecule has 63 heavy (non-hydrogen) atoms. The van der Waals surface area contributed by atoms with Gasteiger partial charge in [-0.3, -0.25) is 0 Å². The standard InChI is InChI=1S/C57H48N4Si2/c1-62(2,3)57(63(4,5)6)52-36-53(61(42-23-11-8-12-24-42)44-26-18-20-40(34-44)38-59)47-28-14-16-30-49(47)54(52)55-48-29-15-13-27-46(48)51-35-45(31-32-50(51)56(55)57)60(41-21-9-7-10-22-41)43-25-17-19-39(33-43)37-58/h7-36H,1-6H3. The zero-order valence-corrected chi connectivity index (χ0v) is 38.6. The van der Waals surface area contributed by atoms with Crippen LogP contribution < -0.4 is 9.80 Å².